The Kier molecular flexibility index (Phi) is 4.93. The lowest BCUT2D eigenvalue weighted by Crippen LogP contribution is -2.55. The first-order valence-corrected chi connectivity index (χ1v) is 14.2. The summed E-state index contributed by atoms with van der Waals surface area (Å²) in [6.07, 6.45) is 1.98. The number of fused-ring (bicyclic) bond motifs is 9. The third-order valence-corrected chi connectivity index (χ3v) is 8.40. The van der Waals surface area contributed by atoms with Gasteiger partial charge in [0.1, 0.15) is 5.82 Å². The summed E-state index contributed by atoms with van der Waals surface area (Å²) in [5.41, 5.74) is 12.2. The van der Waals surface area contributed by atoms with Crippen LogP contribution >= 0.6 is 0 Å². The van der Waals surface area contributed by atoms with Crippen molar-refractivity contribution in [3.8, 4) is 28.2 Å². The number of aromatic nitrogens is 3. The van der Waals surface area contributed by atoms with Gasteiger partial charge in [-0.05, 0) is 47.4 Å². The molecule has 2 aliphatic heterocycles. The van der Waals surface area contributed by atoms with Gasteiger partial charge >= 0.3 is 6.98 Å². The molecule has 7 aromatic rings. The summed E-state index contributed by atoms with van der Waals surface area (Å²) < 4.78 is 2.23. The van der Waals surface area contributed by atoms with Crippen LogP contribution < -0.4 is 15.1 Å². The van der Waals surface area contributed by atoms with E-state index in [1.807, 2.05) is 18.3 Å². The van der Waals surface area contributed by atoms with E-state index in [4.69, 9.17) is 9.97 Å². The van der Waals surface area contributed by atoms with Gasteiger partial charge in [0, 0.05) is 22.5 Å². The molecule has 0 saturated carbocycles. The maximum absolute atomic E-state index is 5.04. The molecular weight excluding hydrogens is 513 g/mol. The smallest absolute Gasteiger partial charge is 0.359 e. The van der Waals surface area contributed by atoms with E-state index in [2.05, 4.69) is 142 Å². The highest BCUT2D eigenvalue weighted by atomic mass is 15.3. The maximum Gasteiger partial charge on any atom is 0.421 e. The van der Waals surface area contributed by atoms with Crippen molar-refractivity contribution in [2.75, 3.05) is 9.62 Å². The van der Waals surface area contributed by atoms with Crippen LogP contribution in [0.5, 0.6) is 0 Å². The van der Waals surface area contributed by atoms with E-state index >= 15 is 0 Å². The van der Waals surface area contributed by atoms with Crippen molar-refractivity contribution in [2.45, 2.75) is 0 Å². The molecule has 2 aromatic heterocycles. The summed E-state index contributed by atoms with van der Waals surface area (Å²) in [6.45, 7) is -0.0468. The Morgan fingerprint density at radius 1 is 0.524 bits per heavy atom. The van der Waals surface area contributed by atoms with Crippen molar-refractivity contribution in [2.24, 2.45) is 0 Å². The first kappa shape index (κ1) is 23.1. The normalized spacial score (nSPS) is 13.1. The molecule has 42 heavy (non-hydrogen) atoms. The molecule has 6 heteroatoms. The molecule has 0 fully saturated rings. The number of hydrogen-bond acceptors (Lipinski definition) is 4. The molecule has 0 aliphatic carbocycles. The van der Waals surface area contributed by atoms with Crippen molar-refractivity contribution in [1.82, 2.24) is 14.5 Å². The van der Waals surface area contributed by atoms with E-state index in [0.29, 0.717) is 0 Å². The van der Waals surface area contributed by atoms with Gasteiger partial charge in [-0.25, -0.2) is 9.97 Å². The number of imidazole rings is 1. The predicted molar refractivity (Wildman–Crippen MR) is 172 cm³/mol. The van der Waals surface area contributed by atoms with Crippen LogP contribution in [-0.4, -0.2) is 21.5 Å². The van der Waals surface area contributed by atoms with Gasteiger partial charge in [0.15, 0.2) is 5.65 Å². The number of anilines is 4. The molecule has 0 amide bonds. The molecule has 0 N–H and O–H groups in total. The average molecular weight is 537 g/mol. The van der Waals surface area contributed by atoms with Crippen LogP contribution in [0.15, 0.2) is 146 Å². The Hall–Kier alpha value is -5.62. The van der Waals surface area contributed by atoms with Crippen molar-refractivity contribution in [3.05, 3.63) is 146 Å². The van der Waals surface area contributed by atoms with Crippen LogP contribution in [0.3, 0.4) is 0 Å². The van der Waals surface area contributed by atoms with Gasteiger partial charge in [0.25, 0.3) is 0 Å². The lowest BCUT2D eigenvalue weighted by Gasteiger charge is -2.36. The van der Waals surface area contributed by atoms with E-state index in [1.165, 1.54) is 28.0 Å². The molecule has 0 saturated heterocycles. The fourth-order valence-corrected chi connectivity index (χ4v) is 6.65. The average Bonchev–Trinajstić information content (AvgIpc) is 3.62. The van der Waals surface area contributed by atoms with Gasteiger partial charge in [-0.3, -0.25) is 4.57 Å². The van der Waals surface area contributed by atoms with Gasteiger partial charge in [0.05, 0.1) is 28.8 Å². The Balaban J connectivity index is 1.30. The molecule has 4 heterocycles. The summed E-state index contributed by atoms with van der Waals surface area (Å²) in [5, 5.41) is 0. The van der Waals surface area contributed by atoms with Crippen LogP contribution in [0.25, 0.3) is 39.4 Å². The molecule has 0 spiro atoms. The van der Waals surface area contributed by atoms with Crippen molar-refractivity contribution in [3.63, 3.8) is 0 Å². The topological polar surface area (TPSA) is 37.2 Å². The molecule has 0 bridgehead atoms. The first-order chi connectivity index (χ1) is 20.9. The van der Waals surface area contributed by atoms with Crippen molar-refractivity contribution in [1.29, 1.82) is 0 Å². The van der Waals surface area contributed by atoms with E-state index in [-0.39, 0.29) is 6.98 Å². The zero-order valence-electron chi connectivity index (χ0n) is 22.7. The lowest BCUT2D eigenvalue weighted by atomic mass is 9.59. The second kappa shape index (κ2) is 8.95. The van der Waals surface area contributed by atoms with Gasteiger partial charge in [-0.15, -0.1) is 0 Å². The SMILES string of the molecule is c1ccc(-c2nc3ncc(N4B5c6ccccc6-c6ccccc6N5c5ccccc54)cc3n2-c2ccccc2)cc1. The summed E-state index contributed by atoms with van der Waals surface area (Å²) in [7, 11) is 0. The largest absolute Gasteiger partial charge is 0.421 e. The van der Waals surface area contributed by atoms with Gasteiger partial charge < -0.3 is 9.62 Å². The summed E-state index contributed by atoms with van der Waals surface area (Å²) in [4.78, 5) is 14.9. The first-order valence-electron chi connectivity index (χ1n) is 14.2. The minimum atomic E-state index is -0.0468. The molecule has 196 valence electrons. The van der Waals surface area contributed by atoms with E-state index in [1.54, 1.807) is 0 Å². The lowest BCUT2D eigenvalue weighted by molar-refractivity contribution is 1.10. The summed E-state index contributed by atoms with van der Waals surface area (Å²) in [5.74, 6) is 0.877. The highest BCUT2D eigenvalue weighted by Crippen LogP contribution is 2.50. The van der Waals surface area contributed by atoms with Crippen LogP contribution in [0, 0.1) is 0 Å². The molecule has 2 aliphatic rings. The fourth-order valence-electron chi connectivity index (χ4n) is 6.65. The predicted octanol–water partition coefficient (Wildman–Crippen LogP) is 7.75. The highest BCUT2D eigenvalue weighted by Gasteiger charge is 2.47. The number of para-hydroxylation sites is 4. The van der Waals surface area contributed by atoms with Crippen molar-refractivity contribution < 1.29 is 0 Å². The second-order valence-electron chi connectivity index (χ2n) is 10.7. The molecular formula is C36H24BN5. The third kappa shape index (κ3) is 3.26. The number of benzene rings is 5. The fraction of sp³-hybridized carbons (Fsp3) is 0. The molecule has 9 rings (SSSR count). The summed E-state index contributed by atoms with van der Waals surface area (Å²) in [6, 6.07) is 49.2. The standard InChI is InChI=1S/C36H24BN5/c1-3-13-25(14-4-1)36-39-35-34(40(36)26-15-5-2-6-16-26)23-27(24-38-35)41-32-21-11-12-22-33(32)42-31-20-10-8-18-29(31)28-17-7-9-19-30(28)37(41)42/h1-24H. The number of hydrogen-bond donors (Lipinski definition) is 0. The van der Waals surface area contributed by atoms with E-state index in [0.717, 1.165) is 39.6 Å². The monoisotopic (exact) mass is 537 g/mol. The van der Waals surface area contributed by atoms with Gasteiger partial charge in [0.2, 0.25) is 0 Å². The molecule has 5 aromatic carbocycles. The maximum atomic E-state index is 5.04. The molecule has 0 atom stereocenters. The zero-order chi connectivity index (χ0) is 27.6. The molecule has 0 unspecified atom stereocenters. The number of pyridine rings is 1. The highest BCUT2D eigenvalue weighted by molar-refractivity contribution is 6.86. The molecule has 0 radical (unpaired) electrons. The zero-order valence-corrected chi connectivity index (χ0v) is 22.7. The van der Waals surface area contributed by atoms with Gasteiger partial charge in [-0.2, -0.15) is 0 Å². The van der Waals surface area contributed by atoms with Gasteiger partial charge in [-0.1, -0.05) is 103 Å². The Bertz CT molecular complexity index is 2120. The van der Waals surface area contributed by atoms with Crippen LogP contribution in [0.4, 0.5) is 22.7 Å². The van der Waals surface area contributed by atoms with Crippen LogP contribution in [0.1, 0.15) is 0 Å². The van der Waals surface area contributed by atoms with E-state index in [9.17, 15) is 0 Å². The molecule has 5 nitrogen and oxygen atoms in total. The third-order valence-electron chi connectivity index (χ3n) is 8.40. The van der Waals surface area contributed by atoms with E-state index < -0.39 is 0 Å². The Labute approximate surface area is 244 Å². The van der Waals surface area contributed by atoms with Crippen molar-refractivity contribution >= 4 is 46.4 Å². The van der Waals surface area contributed by atoms with Crippen LogP contribution in [0.2, 0.25) is 0 Å². The minimum absolute atomic E-state index is 0.0468. The quantitative estimate of drug-likeness (QED) is 0.216. The number of rotatable bonds is 3. The minimum Gasteiger partial charge on any atom is -0.359 e. The van der Waals surface area contributed by atoms with Crippen LogP contribution in [-0.2, 0) is 0 Å². The number of nitrogens with zero attached hydrogens (tertiary/aromatic N) is 5. The second-order valence-corrected chi connectivity index (χ2v) is 10.7. The Morgan fingerprint density at radius 3 is 1.93 bits per heavy atom. The summed E-state index contributed by atoms with van der Waals surface area (Å²) >= 11 is 0. The Morgan fingerprint density at radius 2 is 1.14 bits per heavy atom.